The van der Waals surface area contributed by atoms with E-state index in [2.05, 4.69) is 16.5 Å². The van der Waals surface area contributed by atoms with Crippen molar-refractivity contribution in [1.82, 2.24) is 9.62 Å². The minimum absolute atomic E-state index is 0.213. The highest BCUT2D eigenvalue weighted by molar-refractivity contribution is 7.91. The van der Waals surface area contributed by atoms with Crippen molar-refractivity contribution in [3.05, 3.63) is 68.4 Å². The van der Waals surface area contributed by atoms with E-state index in [1.165, 1.54) is 24.5 Å². The Morgan fingerprint density at radius 1 is 1.07 bits per heavy atom. The molecule has 234 valence electrons. The Kier molecular flexibility index (Phi) is 8.66. The largest absolute Gasteiger partial charge is 0.376 e. The minimum atomic E-state index is -3.84. The summed E-state index contributed by atoms with van der Waals surface area (Å²) < 4.78 is 47.4. The fourth-order valence-electron chi connectivity index (χ4n) is 7.26. The topological polar surface area (TPSA) is 75.7 Å². The number of nitrogens with one attached hydrogen (secondary N) is 1. The van der Waals surface area contributed by atoms with Crippen LogP contribution in [0.1, 0.15) is 111 Å². The van der Waals surface area contributed by atoms with Crippen molar-refractivity contribution in [3.63, 3.8) is 0 Å². The van der Waals surface area contributed by atoms with Gasteiger partial charge in [-0.1, -0.05) is 30.1 Å². The number of carbonyl (C=O) groups excluding carboxylic acids is 1. The fourth-order valence-corrected chi connectivity index (χ4v) is 9.04. The number of hydrogen-bond acceptors (Lipinski definition) is 5. The molecule has 43 heavy (non-hydrogen) atoms. The van der Waals surface area contributed by atoms with Gasteiger partial charge in [0.1, 0.15) is 5.82 Å². The van der Waals surface area contributed by atoms with Gasteiger partial charge in [0.05, 0.1) is 16.9 Å². The second-order valence-electron chi connectivity index (χ2n) is 13.6. The van der Waals surface area contributed by atoms with E-state index in [0.29, 0.717) is 53.5 Å². The molecule has 1 spiro atoms. The van der Waals surface area contributed by atoms with Crippen LogP contribution < -0.4 is 4.72 Å². The van der Waals surface area contributed by atoms with E-state index in [0.717, 1.165) is 56.3 Å². The van der Waals surface area contributed by atoms with Gasteiger partial charge in [-0.2, -0.15) is 0 Å². The average molecular weight is 652 g/mol. The predicted octanol–water partition coefficient (Wildman–Crippen LogP) is 7.78. The molecule has 0 aromatic heterocycles. The van der Waals surface area contributed by atoms with Crippen molar-refractivity contribution in [3.8, 4) is 0 Å². The third kappa shape index (κ3) is 6.64. The highest BCUT2D eigenvalue weighted by atomic mass is 35.5. The molecule has 1 amide bonds. The summed E-state index contributed by atoms with van der Waals surface area (Å²) in [6.45, 7) is 6.85. The van der Waals surface area contributed by atoms with Crippen LogP contribution in [0, 0.1) is 17.2 Å². The number of ether oxygens (including phenoxy) is 1. The lowest BCUT2D eigenvalue weighted by atomic mass is 9.57. The van der Waals surface area contributed by atoms with Gasteiger partial charge in [0, 0.05) is 22.7 Å². The number of halogens is 3. The molecule has 0 radical (unpaired) electrons. The summed E-state index contributed by atoms with van der Waals surface area (Å²) in [5.74, 6) is -0.854. The van der Waals surface area contributed by atoms with E-state index in [9.17, 15) is 13.2 Å². The van der Waals surface area contributed by atoms with Crippen LogP contribution in [0.3, 0.4) is 0 Å². The van der Waals surface area contributed by atoms with Gasteiger partial charge in [-0.3, -0.25) is 9.69 Å². The summed E-state index contributed by atoms with van der Waals surface area (Å²) >= 11 is 12.6. The molecule has 2 aromatic rings. The first kappa shape index (κ1) is 31.3. The number of amides is 1. The van der Waals surface area contributed by atoms with Crippen molar-refractivity contribution in [2.24, 2.45) is 11.3 Å². The molecular formula is C33H41Cl2FN2O4S. The average Bonchev–Trinajstić information content (AvgIpc) is 3.86. The van der Waals surface area contributed by atoms with Crippen LogP contribution in [-0.2, 0) is 21.4 Å². The maximum atomic E-state index is 15.1. The monoisotopic (exact) mass is 650 g/mol. The Bertz CT molecular complexity index is 1470. The number of hydrogen-bond donors (Lipinski definition) is 1. The van der Waals surface area contributed by atoms with E-state index in [-0.39, 0.29) is 11.5 Å². The van der Waals surface area contributed by atoms with Gasteiger partial charge < -0.3 is 4.74 Å². The molecule has 1 N–H and O–H groups in total. The zero-order valence-corrected chi connectivity index (χ0v) is 27.3. The molecule has 1 unspecified atom stereocenters. The maximum absolute atomic E-state index is 15.1. The lowest BCUT2D eigenvalue weighted by Gasteiger charge is -2.53. The quantitative estimate of drug-likeness (QED) is 0.269. The molecule has 1 heterocycles. The van der Waals surface area contributed by atoms with Crippen molar-refractivity contribution >= 4 is 39.1 Å². The van der Waals surface area contributed by atoms with E-state index in [4.69, 9.17) is 27.9 Å². The molecule has 4 aliphatic rings. The molecule has 3 saturated carbocycles. The van der Waals surface area contributed by atoms with Crippen LogP contribution >= 0.6 is 23.2 Å². The van der Waals surface area contributed by atoms with Crippen molar-refractivity contribution < 1.29 is 22.3 Å². The molecule has 1 atom stereocenters. The Labute approximate surface area is 264 Å². The molecule has 2 aromatic carbocycles. The van der Waals surface area contributed by atoms with Crippen LogP contribution in [0.2, 0.25) is 10.0 Å². The first-order valence-corrected chi connectivity index (χ1v) is 17.8. The zero-order chi connectivity index (χ0) is 30.6. The Hall–Kier alpha value is -1.71. The van der Waals surface area contributed by atoms with Gasteiger partial charge >= 0.3 is 0 Å². The van der Waals surface area contributed by atoms with Gasteiger partial charge in [0.15, 0.2) is 0 Å². The molecule has 1 saturated heterocycles. The standard InChI is InChI=1S/C33H41Cl2FN2O4S/c1-3-30(23-12-25(34)15-26(35)13-23)38-10-8-33(9-11-38)17-21(18-33)19-42-20-24-14-29(36)28(16-27(24)22-4-5-22)31(39)37-43(40,41)32(2)6-7-32/h12-16,21-22,30H,3-11,17-20H2,1-2H3,(H,37,39). The van der Waals surface area contributed by atoms with Gasteiger partial charge in [-0.05, 0) is 142 Å². The maximum Gasteiger partial charge on any atom is 0.267 e. The van der Waals surface area contributed by atoms with Crippen molar-refractivity contribution in [2.45, 2.75) is 94.9 Å². The minimum Gasteiger partial charge on any atom is -0.376 e. The number of carbonyl (C=O) groups is 1. The van der Waals surface area contributed by atoms with E-state index < -0.39 is 26.5 Å². The molecule has 1 aliphatic heterocycles. The summed E-state index contributed by atoms with van der Waals surface area (Å²) in [4.78, 5) is 15.3. The Balaban J connectivity index is 1.01. The number of piperidine rings is 1. The second-order valence-corrected chi connectivity index (χ2v) is 16.7. The summed E-state index contributed by atoms with van der Waals surface area (Å²) in [6.07, 6.45) is 8.60. The van der Waals surface area contributed by atoms with Crippen molar-refractivity contribution in [2.75, 3.05) is 19.7 Å². The van der Waals surface area contributed by atoms with Crippen LogP contribution in [-0.4, -0.2) is 43.7 Å². The zero-order valence-electron chi connectivity index (χ0n) is 24.9. The summed E-state index contributed by atoms with van der Waals surface area (Å²) in [6, 6.07) is 9.07. The lowest BCUT2D eigenvalue weighted by molar-refractivity contribution is -0.0594. The SMILES string of the molecule is CCC(c1cc(Cl)cc(Cl)c1)N1CCC2(CC1)CC(COCc1cc(F)c(C(=O)NS(=O)(=O)C3(C)CC3)cc1C1CC1)C2. The van der Waals surface area contributed by atoms with Crippen LogP contribution in [0.25, 0.3) is 0 Å². The molecule has 10 heteroatoms. The lowest BCUT2D eigenvalue weighted by Crippen LogP contribution is -2.48. The number of rotatable bonds is 11. The Morgan fingerprint density at radius 3 is 2.30 bits per heavy atom. The first-order valence-electron chi connectivity index (χ1n) is 15.6. The number of likely N-dealkylation sites (tertiary alicyclic amines) is 1. The first-order chi connectivity index (χ1) is 20.4. The van der Waals surface area contributed by atoms with Gasteiger partial charge in [0.25, 0.3) is 5.91 Å². The number of benzene rings is 2. The van der Waals surface area contributed by atoms with Gasteiger partial charge in [0.2, 0.25) is 10.0 Å². The van der Waals surface area contributed by atoms with Crippen LogP contribution in [0.15, 0.2) is 30.3 Å². The van der Waals surface area contributed by atoms with Gasteiger partial charge in [-0.15, -0.1) is 0 Å². The Morgan fingerprint density at radius 2 is 1.72 bits per heavy atom. The number of sulfonamides is 1. The summed E-state index contributed by atoms with van der Waals surface area (Å²) in [5.41, 5.74) is 3.00. The molecule has 3 aliphatic carbocycles. The molecular weight excluding hydrogens is 610 g/mol. The van der Waals surface area contributed by atoms with E-state index in [1.54, 1.807) is 19.1 Å². The highest BCUT2D eigenvalue weighted by Crippen LogP contribution is 2.53. The summed E-state index contributed by atoms with van der Waals surface area (Å²) in [5, 5.41) is 1.36. The van der Waals surface area contributed by atoms with Crippen LogP contribution in [0.5, 0.6) is 0 Å². The normalized spacial score (nSPS) is 22.3. The molecule has 0 bridgehead atoms. The van der Waals surface area contributed by atoms with E-state index >= 15 is 4.39 Å². The smallest absolute Gasteiger partial charge is 0.267 e. The van der Waals surface area contributed by atoms with Gasteiger partial charge in [-0.25, -0.2) is 17.5 Å². The fraction of sp³-hybridized carbons (Fsp3) is 0.606. The van der Waals surface area contributed by atoms with Crippen molar-refractivity contribution in [1.29, 1.82) is 0 Å². The second kappa shape index (κ2) is 11.9. The molecule has 6 rings (SSSR count). The van der Waals surface area contributed by atoms with E-state index in [1.807, 2.05) is 12.1 Å². The number of nitrogens with zero attached hydrogens (tertiary/aromatic N) is 1. The van der Waals surface area contributed by atoms with Crippen LogP contribution in [0.4, 0.5) is 4.39 Å². The highest BCUT2D eigenvalue weighted by Gasteiger charge is 2.51. The predicted molar refractivity (Wildman–Crippen MR) is 168 cm³/mol. The summed E-state index contributed by atoms with van der Waals surface area (Å²) in [7, 11) is -3.84. The molecule has 4 fully saturated rings. The molecule has 6 nitrogen and oxygen atoms in total. The third-order valence-electron chi connectivity index (χ3n) is 10.3. The third-order valence-corrected chi connectivity index (χ3v) is 12.9.